The second-order valence-corrected chi connectivity index (χ2v) is 6.22. The van der Waals surface area contributed by atoms with Crippen LogP contribution in [0.3, 0.4) is 0 Å². The molecule has 8 heteroatoms. The summed E-state index contributed by atoms with van der Waals surface area (Å²) in [6.45, 7) is 1.50. The number of esters is 1. The number of nitrogens with one attached hydrogen (secondary N) is 1. The molecular weight excluding hydrogens is 372 g/mol. The van der Waals surface area contributed by atoms with Gasteiger partial charge in [0.2, 0.25) is 0 Å². The first-order valence-electron chi connectivity index (χ1n) is 8.37. The van der Waals surface area contributed by atoms with Crippen LogP contribution in [-0.2, 0) is 9.53 Å². The maximum Gasteiger partial charge on any atom is 0.340 e. The summed E-state index contributed by atoms with van der Waals surface area (Å²) in [7, 11) is 0. The molecule has 0 bridgehead atoms. The zero-order valence-corrected chi connectivity index (χ0v) is 15.4. The minimum absolute atomic E-state index is 0.0131. The molecule has 2 aromatic carbocycles. The summed E-state index contributed by atoms with van der Waals surface area (Å²) in [5.74, 6) is -1.36. The summed E-state index contributed by atoms with van der Waals surface area (Å²) in [5.41, 5.74) is 0.510. The number of nitro groups is 1. The Balaban J connectivity index is 1.99. The van der Waals surface area contributed by atoms with Crippen LogP contribution in [0.5, 0.6) is 0 Å². The van der Waals surface area contributed by atoms with Crippen molar-refractivity contribution in [3.05, 3.63) is 74.8 Å². The van der Waals surface area contributed by atoms with Crippen molar-refractivity contribution >= 4 is 29.2 Å². The Morgan fingerprint density at radius 2 is 1.93 bits per heavy atom. The SMILES string of the molecule is CCC[C@H](NC(=O)COC(=O)c1cc([N+](=O)[O-])ccc1Cl)c1ccccc1. The second-order valence-electron chi connectivity index (χ2n) is 5.82. The van der Waals surface area contributed by atoms with Gasteiger partial charge in [0.25, 0.3) is 11.6 Å². The van der Waals surface area contributed by atoms with Crippen LogP contribution in [0.25, 0.3) is 0 Å². The highest BCUT2D eigenvalue weighted by Gasteiger charge is 2.19. The molecule has 7 nitrogen and oxygen atoms in total. The maximum atomic E-state index is 12.2. The number of carbonyl (C=O) groups is 2. The number of nitro benzene ring substituents is 1. The van der Waals surface area contributed by atoms with Gasteiger partial charge in [0.1, 0.15) is 0 Å². The molecule has 0 saturated heterocycles. The molecule has 1 N–H and O–H groups in total. The van der Waals surface area contributed by atoms with Crippen LogP contribution in [0, 0.1) is 10.1 Å². The molecule has 0 fully saturated rings. The van der Waals surface area contributed by atoms with E-state index in [0.717, 1.165) is 24.5 Å². The lowest BCUT2D eigenvalue weighted by molar-refractivity contribution is -0.384. The predicted octanol–water partition coefficient (Wildman–Crippen LogP) is 4.06. The average Bonchev–Trinajstić information content (AvgIpc) is 2.66. The molecule has 0 heterocycles. The molecule has 1 amide bonds. The van der Waals surface area contributed by atoms with Gasteiger partial charge in [-0.15, -0.1) is 0 Å². The van der Waals surface area contributed by atoms with Crippen molar-refractivity contribution in [3.8, 4) is 0 Å². The van der Waals surface area contributed by atoms with Crippen molar-refractivity contribution in [1.29, 1.82) is 0 Å². The van der Waals surface area contributed by atoms with Crippen LogP contribution >= 0.6 is 11.6 Å². The van der Waals surface area contributed by atoms with E-state index in [9.17, 15) is 19.7 Å². The van der Waals surface area contributed by atoms with Gasteiger partial charge in [-0.3, -0.25) is 14.9 Å². The van der Waals surface area contributed by atoms with Crippen molar-refractivity contribution in [2.24, 2.45) is 0 Å². The molecule has 0 radical (unpaired) electrons. The normalized spacial score (nSPS) is 11.5. The molecule has 0 unspecified atom stereocenters. The van der Waals surface area contributed by atoms with Crippen molar-refractivity contribution < 1.29 is 19.2 Å². The van der Waals surface area contributed by atoms with E-state index in [1.54, 1.807) is 0 Å². The van der Waals surface area contributed by atoms with Gasteiger partial charge in [-0.2, -0.15) is 0 Å². The maximum absolute atomic E-state index is 12.2. The number of hydrogen-bond acceptors (Lipinski definition) is 5. The fraction of sp³-hybridized carbons (Fsp3) is 0.263. The van der Waals surface area contributed by atoms with E-state index < -0.39 is 23.4 Å². The summed E-state index contributed by atoms with van der Waals surface area (Å²) in [6.07, 6.45) is 1.60. The number of halogens is 1. The molecular formula is C19H19ClN2O5. The smallest absolute Gasteiger partial charge is 0.340 e. The van der Waals surface area contributed by atoms with Crippen LogP contribution in [0.1, 0.15) is 41.7 Å². The number of carbonyl (C=O) groups excluding carboxylic acids is 2. The highest BCUT2D eigenvalue weighted by atomic mass is 35.5. The Bertz CT molecular complexity index is 826. The topological polar surface area (TPSA) is 98.5 Å². The average molecular weight is 391 g/mol. The van der Waals surface area contributed by atoms with Crippen LogP contribution in [-0.4, -0.2) is 23.4 Å². The van der Waals surface area contributed by atoms with Crippen molar-refractivity contribution in [1.82, 2.24) is 5.32 Å². The highest BCUT2D eigenvalue weighted by molar-refractivity contribution is 6.33. The molecule has 0 aromatic heterocycles. The number of amides is 1. The number of nitrogens with zero attached hydrogens (tertiary/aromatic N) is 1. The lowest BCUT2D eigenvalue weighted by atomic mass is 10.0. The fourth-order valence-corrected chi connectivity index (χ4v) is 2.72. The van der Waals surface area contributed by atoms with Gasteiger partial charge in [0, 0.05) is 12.1 Å². The summed E-state index contributed by atoms with van der Waals surface area (Å²) in [4.78, 5) is 34.5. The van der Waals surface area contributed by atoms with Crippen LogP contribution in [0.2, 0.25) is 5.02 Å². The summed E-state index contributed by atoms with van der Waals surface area (Å²) in [6, 6.07) is 12.7. The molecule has 142 valence electrons. The first-order chi connectivity index (χ1) is 12.9. The lowest BCUT2D eigenvalue weighted by Gasteiger charge is -2.18. The Kier molecular flexibility index (Phi) is 7.31. The number of benzene rings is 2. The summed E-state index contributed by atoms with van der Waals surface area (Å²) < 4.78 is 4.96. The predicted molar refractivity (Wildman–Crippen MR) is 101 cm³/mol. The molecule has 0 spiro atoms. The van der Waals surface area contributed by atoms with Gasteiger partial charge in [-0.05, 0) is 18.1 Å². The van der Waals surface area contributed by atoms with Gasteiger partial charge in [-0.1, -0.05) is 55.3 Å². The van der Waals surface area contributed by atoms with Gasteiger partial charge in [0.05, 0.1) is 21.6 Å². The minimum atomic E-state index is -0.898. The minimum Gasteiger partial charge on any atom is -0.452 e. The van der Waals surface area contributed by atoms with Crippen molar-refractivity contribution in [2.45, 2.75) is 25.8 Å². The quantitative estimate of drug-likeness (QED) is 0.416. The van der Waals surface area contributed by atoms with Crippen LogP contribution < -0.4 is 5.32 Å². The van der Waals surface area contributed by atoms with E-state index in [4.69, 9.17) is 16.3 Å². The molecule has 1 atom stereocenters. The van der Waals surface area contributed by atoms with Crippen molar-refractivity contribution in [3.63, 3.8) is 0 Å². The standard InChI is InChI=1S/C19H19ClN2O5/c1-2-6-17(13-7-4-3-5-8-13)21-18(23)12-27-19(24)15-11-14(22(25)26)9-10-16(15)20/h3-5,7-11,17H,2,6,12H2,1H3,(H,21,23)/t17-/m0/s1. The molecule has 2 rings (SSSR count). The van der Waals surface area contributed by atoms with E-state index in [2.05, 4.69) is 5.32 Å². The van der Waals surface area contributed by atoms with Crippen LogP contribution in [0.4, 0.5) is 5.69 Å². The fourth-order valence-electron chi connectivity index (χ4n) is 2.52. The molecule has 0 aliphatic carbocycles. The number of ether oxygens (including phenoxy) is 1. The Morgan fingerprint density at radius 1 is 1.22 bits per heavy atom. The summed E-state index contributed by atoms with van der Waals surface area (Å²) >= 11 is 5.89. The number of hydrogen-bond donors (Lipinski definition) is 1. The third kappa shape index (κ3) is 5.79. The van der Waals surface area contributed by atoms with Gasteiger partial charge >= 0.3 is 5.97 Å². The highest BCUT2D eigenvalue weighted by Crippen LogP contribution is 2.23. The van der Waals surface area contributed by atoms with E-state index in [0.29, 0.717) is 0 Å². The Hall–Kier alpha value is -2.93. The van der Waals surface area contributed by atoms with Crippen molar-refractivity contribution in [2.75, 3.05) is 6.61 Å². The van der Waals surface area contributed by atoms with E-state index in [1.165, 1.54) is 12.1 Å². The molecule has 0 aliphatic rings. The molecule has 2 aromatic rings. The zero-order valence-electron chi connectivity index (χ0n) is 14.7. The van der Waals surface area contributed by atoms with Crippen LogP contribution in [0.15, 0.2) is 48.5 Å². The Labute approximate surface area is 161 Å². The molecule has 0 aliphatic heterocycles. The first kappa shape index (κ1) is 20.4. The molecule has 0 saturated carbocycles. The van der Waals surface area contributed by atoms with Gasteiger partial charge < -0.3 is 10.1 Å². The largest absolute Gasteiger partial charge is 0.452 e. The third-order valence-corrected chi connectivity index (χ3v) is 4.16. The van der Waals surface area contributed by atoms with E-state index in [1.807, 2.05) is 37.3 Å². The van der Waals surface area contributed by atoms with E-state index in [-0.39, 0.29) is 22.3 Å². The third-order valence-electron chi connectivity index (χ3n) is 3.83. The Morgan fingerprint density at radius 3 is 2.56 bits per heavy atom. The first-order valence-corrected chi connectivity index (χ1v) is 8.75. The molecule has 27 heavy (non-hydrogen) atoms. The van der Waals surface area contributed by atoms with E-state index >= 15 is 0 Å². The summed E-state index contributed by atoms with van der Waals surface area (Å²) in [5, 5.41) is 13.7. The monoisotopic (exact) mass is 390 g/mol. The zero-order chi connectivity index (χ0) is 19.8. The number of non-ortho nitro benzene ring substituents is 1. The second kappa shape index (κ2) is 9.68. The van der Waals surface area contributed by atoms with Gasteiger partial charge in [0.15, 0.2) is 6.61 Å². The number of rotatable bonds is 8. The van der Waals surface area contributed by atoms with Gasteiger partial charge in [-0.25, -0.2) is 4.79 Å². The lowest BCUT2D eigenvalue weighted by Crippen LogP contribution is -2.32.